The molecule has 0 heterocycles. The molecule has 1 N–H and O–H groups in total. The van der Waals surface area contributed by atoms with Crippen LogP contribution >= 0.6 is 11.8 Å². The summed E-state index contributed by atoms with van der Waals surface area (Å²) in [7, 11) is 0. The van der Waals surface area contributed by atoms with Gasteiger partial charge >= 0.3 is 0 Å². The second kappa shape index (κ2) is 5.39. The SMILES string of the molecule is CCSc1ccc(NC(=O)C2CCC2)cc1. The molecule has 0 aromatic heterocycles. The number of anilines is 1. The van der Waals surface area contributed by atoms with Crippen molar-refractivity contribution in [1.29, 1.82) is 0 Å². The molecule has 0 spiro atoms. The van der Waals surface area contributed by atoms with Crippen LogP contribution in [0, 0.1) is 5.92 Å². The summed E-state index contributed by atoms with van der Waals surface area (Å²) in [4.78, 5) is 12.9. The topological polar surface area (TPSA) is 29.1 Å². The molecule has 0 aliphatic heterocycles. The van der Waals surface area contributed by atoms with Crippen LogP contribution in [-0.2, 0) is 4.79 Å². The quantitative estimate of drug-likeness (QED) is 0.809. The maximum absolute atomic E-state index is 11.7. The molecule has 1 aliphatic rings. The molecule has 0 radical (unpaired) electrons. The van der Waals surface area contributed by atoms with Crippen LogP contribution in [0.5, 0.6) is 0 Å². The summed E-state index contributed by atoms with van der Waals surface area (Å²) < 4.78 is 0. The Kier molecular flexibility index (Phi) is 3.88. The number of rotatable bonds is 4. The molecule has 1 amide bonds. The Bertz CT molecular complexity index is 357. The number of hydrogen-bond donors (Lipinski definition) is 1. The van der Waals surface area contributed by atoms with Crippen molar-refractivity contribution >= 4 is 23.4 Å². The Morgan fingerprint density at radius 1 is 1.38 bits per heavy atom. The highest BCUT2D eigenvalue weighted by molar-refractivity contribution is 7.99. The predicted octanol–water partition coefficient (Wildman–Crippen LogP) is 3.54. The Balaban J connectivity index is 1.91. The summed E-state index contributed by atoms with van der Waals surface area (Å²) >= 11 is 1.81. The summed E-state index contributed by atoms with van der Waals surface area (Å²) in [6.45, 7) is 2.14. The number of benzene rings is 1. The maximum Gasteiger partial charge on any atom is 0.227 e. The normalized spacial score (nSPS) is 15.6. The van der Waals surface area contributed by atoms with Crippen molar-refractivity contribution in [2.75, 3.05) is 11.1 Å². The molecule has 0 unspecified atom stereocenters. The van der Waals surface area contributed by atoms with E-state index in [1.165, 1.54) is 11.3 Å². The van der Waals surface area contributed by atoms with E-state index in [2.05, 4.69) is 24.4 Å². The van der Waals surface area contributed by atoms with Crippen molar-refractivity contribution in [3.8, 4) is 0 Å². The van der Waals surface area contributed by atoms with E-state index in [-0.39, 0.29) is 11.8 Å². The molecule has 16 heavy (non-hydrogen) atoms. The molecule has 1 aromatic carbocycles. The second-order valence-electron chi connectivity index (χ2n) is 4.07. The van der Waals surface area contributed by atoms with Crippen molar-refractivity contribution in [2.45, 2.75) is 31.1 Å². The number of carbonyl (C=O) groups excluding carboxylic acids is 1. The monoisotopic (exact) mass is 235 g/mol. The molecule has 1 aromatic rings. The number of thioether (sulfide) groups is 1. The van der Waals surface area contributed by atoms with Gasteiger partial charge in [-0.2, -0.15) is 0 Å². The standard InChI is InChI=1S/C13H17NOS/c1-2-16-12-8-6-11(7-9-12)14-13(15)10-4-3-5-10/h6-10H,2-5H2,1H3,(H,14,15). The lowest BCUT2D eigenvalue weighted by Gasteiger charge is -2.24. The Labute approximate surface area is 101 Å². The van der Waals surface area contributed by atoms with Gasteiger partial charge in [-0.1, -0.05) is 13.3 Å². The number of hydrogen-bond acceptors (Lipinski definition) is 2. The lowest BCUT2D eigenvalue weighted by Crippen LogP contribution is -2.27. The molecule has 2 nitrogen and oxygen atoms in total. The van der Waals surface area contributed by atoms with Gasteiger partial charge in [0.15, 0.2) is 0 Å². The lowest BCUT2D eigenvalue weighted by molar-refractivity contribution is -0.122. The van der Waals surface area contributed by atoms with Gasteiger partial charge in [0, 0.05) is 16.5 Å². The summed E-state index contributed by atoms with van der Waals surface area (Å²) in [6.07, 6.45) is 3.30. The predicted molar refractivity (Wildman–Crippen MR) is 68.8 cm³/mol. The summed E-state index contributed by atoms with van der Waals surface area (Å²) in [5.74, 6) is 1.51. The van der Waals surface area contributed by atoms with Crippen LogP contribution in [-0.4, -0.2) is 11.7 Å². The van der Waals surface area contributed by atoms with Gasteiger partial charge in [-0.15, -0.1) is 11.8 Å². The fourth-order valence-electron chi connectivity index (χ4n) is 1.72. The zero-order valence-electron chi connectivity index (χ0n) is 9.53. The third-order valence-corrected chi connectivity index (χ3v) is 3.80. The van der Waals surface area contributed by atoms with Gasteiger partial charge in [0.05, 0.1) is 0 Å². The van der Waals surface area contributed by atoms with Gasteiger partial charge in [-0.05, 0) is 42.9 Å². The largest absolute Gasteiger partial charge is 0.326 e. The molecule has 0 bridgehead atoms. The second-order valence-corrected chi connectivity index (χ2v) is 5.41. The highest BCUT2D eigenvalue weighted by Gasteiger charge is 2.24. The van der Waals surface area contributed by atoms with E-state index in [0.717, 1.165) is 24.3 Å². The molecule has 3 heteroatoms. The van der Waals surface area contributed by atoms with E-state index >= 15 is 0 Å². The van der Waals surface area contributed by atoms with E-state index in [1.54, 1.807) is 0 Å². The first-order valence-electron chi connectivity index (χ1n) is 5.83. The zero-order chi connectivity index (χ0) is 11.4. The first-order valence-corrected chi connectivity index (χ1v) is 6.82. The van der Waals surface area contributed by atoms with Gasteiger partial charge < -0.3 is 5.32 Å². The first-order chi connectivity index (χ1) is 7.79. The van der Waals surface area contributed by atoms with Gasteiger partial charge in [-0.3, -0.25) is 4.79 Å². The maximum atomic E-state index is 11.7. The average Bonchev–Trinajstić information content (AvgIpc) is 2.18. The summed E-state index contributed by atoms with van der Waals surface area (Å²) in [6, 6.07) is 8.08. The Morgan fingerprint density at radius 3 is 2.56 bits per heavy atom. The fraction of sp³-hybridized carbons (Fsp3) is 0.462. The van der Waals surface area contributed by atoms with Crippen LogP contribution in [0.2, 0.25) is 0 Å². The van der Waals surface area contributed by atoms with Crippen LogP contribution in [0.15, 0.2) is 29.2 Å². The van der Waals surface area contributed by atoms with E-state index in [1.807, 2.05) is 23.9 Å². The Morgan fingerprint density at radius 2 is 2.06 bits per heavy atom. The number of carbonyl (C=O) groups is 1. The molecule has 0 atom stereocenters. The van der Waals surface area contributed by atoms with E-state index in [4.69, 9.17) is 0 Å². The van der Waals surface area contributed by atoms with Gasteiger partial charge in [0.2, 0.25) is 5.91 Å². The summed E-state index contributed by atoms with van der Waals surface area (Å²) in [5, 5.41) is 2.96. The molecule has 0 saturated heterocycles. The lowest BCUT2D eigenvalue weighted by atomic mass is 9.85. The smallest absolute Gasteiger partial charge is 0.227 e. The molecule has 86 valence electrons. The molecule has 1 saturated carbocycles. The minimum atomic E-state index is 0.183. The Hall–Kier alpha value is -0.960. The fourth-order valence-corrected chi connectivity index (χ4v) is 2.38. The minimum Gasteiger partial charge on any atom is -0.326 e. The number of amides is 1. The molecular formula is C13H17NOS. The van der Waals surface area contributed by atoms with Crippen LogP contribution in [0.25, 0.3) is 0 Å². The van der Waals surface area contributed by atoms with Gasteiger partial charge in [-0.25, -0.2) is 0 Å². The van der Waals surface area contributed by atoms with E-state index in [0.29, 0.717) is 0 Å². The number of nitrogens with one attached hydrogen (secondary N) is 1. The van der Waals surface area contributed by atoms with Crippen LogP contribution in [0.3, 0.4) is 0 Å². The molecule has 1 fully saturated rings. The van der Waals surface area contributed by atoms with Crippen molar-refractivity contribution < 1.29 is 4.79 Å². The van der Waals surface area contributed by atoms with E-state index in [9.17, 15) is 4.79 Å². The van der Waals surface area contributed by atoms with E-state index < -0.39 is 0 Å². The molecule has 1 aliphatic carbocycles. The zero-order valence-corrected chi connectivity index (χ0v) is 10.3. The van der Waals surface area contributed by atoms with Crippen molar-refractivity contribution in [1.82, 2.24) is 0 Å². The van der Waals surface area contributed by atoms with Crippen LogP contribution in [0.4, 0.5) is 5.69 Å². The van der Waals surface area contributed by atoms with Crippen molar-refractivity contribution in [3.05, 3.63) is 24.3 Å². The molecular weight excluding hydrogens is 218 g/mol. The molecule has 2 rings (SSSR count). The average molecular weight is 235 g/mol. The highest BCUT2D eigenvalue weighted by Crippen LogP contribution is 2.28. The third-order valence-electron chi connectivity index (χ3n) is 2.91. The van der Waals surface area contributed by atoms with Gasteiger partial charge in [0.25, 0.3) is 0 Å². The van der Waals surface area contributed by atoms with Gasteiger partial charge in [0.1, 0.15) is 0 Å². The van der Waals surface area contributed by atoms with Crippen LogP contribution < -0.4 is 5.32 Å². The van der Waals surface area contributed by atoms with Crippen LogP contribution in [0.1, 0.15) is 26.2 Å². The third kappa shape index (κ3) is 2.79. The first kappa shape index (κ1) is 11.5. The highest BCUT2D eigenvalue weighted by atomic mass is 32.2. The van der Waals surface area contributed by atoms with Crippen molar-refractivity contribution in [3.63, 3.8) is 0 Å². The summed E-state index contributed by atoms with van der Waals surface area (Å²) in [5.41, 5.74) is 0.914. The van der Waals surface area contributed by atoms with Crippen molar-refractivity contribution in [2.24, 2.45) is 5.92 Å². The minimum absolute atomic E-state index is 0.183.